The molecular formula is C16H11F3N2O2. The Morgan fingerprint density at radius 3 is 2.43 bits per heavy atom. The normalized spacial score (nSPS) is 11.0. The first kappa shape index (κ1) is 15.1. The number of fused-ring (bicyclic) bond motifs is 1. The van der Waals surface area contributed by atoms with Gasteiger partial charge in [-0.25, -0.2) is 18.2 Å². The number of ether oxygens (including phenoxy) is 1. The summed E-state index contributed by atoms with van der Waals surface area (Å²) in [4.78, 5) is 16.4. The van der Waals surface area contributed by atoms with Crippen LogP contribution in [-0.4, -0.2) is 16.7 Å². The number of hydrogen-bond donors (Lipinski definition) is 0. The SMILES string of the molecule is COc1cc2c(=O)n(Cc3cc(F)cc(F)c3)cnc2cc1F. The first-order valence-corrected chi connectivity index (χ1v) is 6.65. The van der Waals surface area contributed by atoms with Crippen LogP contribution in [-0.2, 0) is 6.54 Å². The van der Waals surface area contributed by atoms with E-state index in [4.69, 9.17) is 4.74 Å². The van der Waals surface area contributed by atoms with E-state index in [2.05, 4.69) is 4.98 Å². The number of hydrogen-bond acceptors (Lipinski definition) is 3. The van der Waals surface area contributed by atoms with Crippen molar-refractivity contribution in [3.63, 3.8) is 0 Å². The molecule has 118 valence electrons. The van der Waals surface area contributed by atoms with Gasteiger partial charge in [0.05, 0.1) is 30.9 Å². The molecule has 3 rings (SSSR count). The number of nitrogens with zero attached hydrogens (tertiary/aromatic N) is 2. The van der Waals surface area contributed by atoms with Crippen molar-refractivity contribution in [1.82, 2.24) is 9.55 Å². The summed E-state index contributed by atoms with van der Waals surface area (Å²) in [5.74, 6) is -2.17. The first-order chi connectivity index (χ1) is 11.0. The maximum absolute atomic E-state index is 13.6. The highest BCUT2D eigenvalue weighted by atomic mass is 19.1. The third-order valence-corrected chi connectivity index (χ3v) is 3.37. The van der Waals surface area contributed by atoms with E-state index < -0.39 is 23.0 Å². The van der Waals surface area contributed by atoms with Gasteiger partial charge < -0.3 is 4.74 Å². The fourth-order valence-electron chi connectivity index (χ4n) is 2.33. The largest absolute Gasteiger partial charge is 0.494 e. The number of aromatic nitrogens is 2. The molecule has 2 aromatic carbocycles. The minimum Gasteiger partial charge on any atom is -0.494 e. The second kappa shape index (κ2) is 5.75. The van der Waals surface area contributed by atoms with Gasteiger partial charge in [-0.2, -0.15) is 0 Å². The van der Waals surface area contributed by atoms with Gasteiger partial charge in [0.2, 0.25) is 0 Å². The van der Waals surface area contributed by atoms with Gasteiger partial charge in [0.15, 0.2) is 11.6 Å². The molecule has 0 saturated heterocycles. The molecule has 0 spiro atoms. The van der Waals surface area contributed by atoms with Crippen LogP contribution in [0.25, 0.3) is 10.9 Å². The Labute approximate surface area is 128 Å². The van der Waals surface area contributed by atoms with E-state index in [0.717, 1.165) is 24.3 Å². The van der Waals surface area contributed by atoms with Gasteiger partial charge in [0.1, 0.15) is 11.6 Å². The van der Waals surface area contributed by atoms with Crippen molar-refractivity contribution < 1.29 is 17.9 Å². The van der Waals surface area contributed by atoms with E-state index in [1.54, 1.807) is 0 Å². The van der Waals surface area contributed by atoms with Gasteiger partial charge in [-0.05, 0) is 23.8 Å². The topological polar surface area (TPSA) is 44.1 Å². The average Bonchev–Trinajstić information content (AvgIpc) is 2.49. The molecular weight excluding hydrogens is 309 g/mol. The van der Waals surface area contributed by atoms with Crippen molar-refractivity contribution in [1.29, 1.82) is 0 Å². The molecule has 1 aromatic heterocycles. The van der Waals surface area contributed by atoms with Crippen LogP contribution in [0.5, 0.6) is 5.75 Å². The Morgan fingerprint density at radius 1 is 1.09 bits per heavy atom. The lowest BCUT2D eigenvalue weighted by Crippen LogP contribution is -2.21. The van der Waals surface area contributed by atoms with Crippen molar-refractivity contribution in [2.45, 2.75) is 6.54 Å². The summed E-state index contributed by atoms with van der Waals surface area (Å²) in [5.41, 5.74) is -0.00670. The predicted molar refractivity (Wildman–Crippen MR) is 78.0 cm³/mol. The Hall–Kier alpha value is -2.83. The van der Waals surface area contributed by atoms with Gasteiger partial charge in [-0.15, -0.1) is 0 Å². The minimum absolute atomic E-state index is 0.0594. The zero-order chi connectivity index (χ0) is 16.6. The molecule has 0 aliphatic carbocycles. The number of methoxy groups -OCH3 is 1. The lowest BCUT2D eigenvalue weighted by Gasteiger charge is -2.08. The van der Waals surface area contributed by atoms with Crippen molar-refractivity contribution in [2.24, 2.45) is 0 Å². The van der Waals surface area contributed by atoms with Gasteiger partial charge in [0.25, 0.3) is 5.56 Å². The number of halogens is 3. The second-order valence-electron chi connectivity index (χ2n) is 4.96. The van der Waals surface area contributed by atoms with Crippen molar-refractivity contribution in [3.8, 4) is 5.75 Å². The van der Waals surface area contributed by atoms with Crippen molar-refractivity contribution in [3.05, 3.63) is 70.0 Å². The summed E-state index contributed by atoms with van der Waals surface area (Å²) in [6.07, 6.45) is 1.21. The summed E-state index contributed by atoms with van der Waals surface area (Å²) in [6, 6.07) is 5.36. The summed E-state index contributed by atoms with van der Waals surface area (Å²) < 4.78 is 46.1. The van der Waals surface area contributed by atoms with E-state index in [1.807, 2.05) is 0 Å². The summed E-state index contributed by atoms with van der Waals surface area (Å²) >= 11 is 0. The monoisotopic (exact) mass is 320 g/mol. The molecule has 3 aromatic rings. The molecule has 7 heteroatoms. The molecule has 4 nitrogen and oxygen atoms in total. The maximum Gasteiger partial charge on any atom is 0.261 e. The summed E-state index contributed by atoms with van der Waals surface area (Å²) in [6.45, 7) is -0.0594. The zero-order valence-corrected chi connectivity index (χ0v) is 12.0. The summed E-state index contributed by atoms with van der Waals surface area (Å²) in [7, 11) is 1.29. The number of benzene rings is 2. The minimum atomic E-state index is -0.731. The van der Waals surface area contributed by atoms with Crippen LogP contribution in [0.3, 0.4) is 0 Å². The molecule has 0 radical (unpaired) electrons. The van der Waals surface area contributed by atoms with Crippen molar-refractivity contribution in [2.75, 3.05) is 7.11 Å². The van der Waals surface area contributed by atoms with E-state index in [0.29, 0.717) is 0 Å². The Kier molecular flexibility index (Phi) is 3.77. The van der Waals surface area contributed by atoms with Gasteiger partial charge in [0, 0.05) is 12.1 Å². The number of rotatable bonds is 3. The fraction of sp³-hybridized carbons (Fsp3) is 0.125. The first-order valence-electron chi connectivity index (χ1n) is 6.65. The predicted octanol–water partition coefficient (Wildman–Crippen LogP) is 2.87. The molecule has 23 heavy (non-hydrogen) atoms. The van der Waals surface area contributed by atoms with Crippen LogP contribution in [0.4, 0.5) is 13.2 Å². The molecule has 0 aliphatic heterocycles. The van der Waals surface area contributed by atoms with Crippen LogP contribution >= 0.6 is 0 Å². The Morgan fingerprint density at radius 2 is 1.78 bits per heavy atom. The molecule has 0 fully saturated rings. The van der Waals surface area contributed by atoms with E-state index in [1.165, 1.54) is 24.1 Å². The molecule has 0 N–H and O–H groups in total. The molecule has 0 saturated carbocycles. The van der Waals surface area contributed by atoms with Gasteiger partial charge >= 0.3 is 0 Å². The third kappa shape index (κ3) is 2.90. The highest BCUT2D eigenvalue weighted by Crippen LogP contribution is 2.21. The van der Waals surface area contributed by atoms with Crippen molar-refractivity contribution >= 4 is 10.9 Å². The quantitative estimate of drug-likeness (QED) is 0.745. The van der Waals surface area contributed by atoms with Gasteiger partial charge in [-0.3, -0.25) is 9.36 Å². The molecule has 0 unspecified atom stereocenters. The Bertz CT molecular complexity index is 934. The lowest BCUT2D eigenvalue weighted by atomic mass is 10.2. The van der Waals surface area contributed by atoms with E-state index in [9.17, 15) is 18.0 Å². The maximum atomic E-state index is 13.6. The second-order valence-corrected chi connectivity index (χ2v) is 4.96. The van der Waals surface area contributed by atoms with Gasteiger partial charge in [-0.1, -0.05) is 0 Å². The molecule has 1 heterocycles. The Balaban J connectivity index is 2.10. The van der Waals surface area contributed by atoms with E-state index >= 15 is 0 Å². The summed E-state index contributed by atoms with van der Waals surface area (Å²) in [5, 5.41) is 0.155. The molecule has 0 atom stereocenters. The smallest absolute Gasteiger partial charge is 0.261 e. The molecule has 0 bridgehead atoms. The molecule has 0 amide bonds. The van der Waals surface area contributed by atoms with Crippen LogP contribution in [0.15, 0.2) is 41.5 Å². The molecule has 0 aliphatic rings. The van der Waals surface area contributed by atoms with Crippen LogP contribution < -0.4 is 10.3 Å². The van der Waals surface area contributed by atoms with Crippen LogP contribution in [0.2, 0.25) is 0 Å². The highest BCUT2D eigenvalue weighted by molar-refractivity contribution is 5.79. The average molecular weight is 320 g/mol. The fourth-order valence-corrected chi connectivity index (χ4v) is 2.33. The third-order valence-electron chi connectivity index (χ3n) is 3.37. The van der Waals surface area contributed by atoms with Crippen LogP contribution in [0.1, 0.15) is 5.56 Å². The lowest BCUT2D eigenvalue weighted by molar-refractivity contribution is 0.387. The standard InChI is InChI=1S/C16H11F3N2O2/c1-23-15-5-12-14(6-13(15)19)20-8-21(16(12)22)7-9-2-10(17)4-11(18)3-9/h2-6,8H,7H2,1H3. The van der Waals surface area contributed by atoms with E-state index in [-0.39, 0.29) is 28.8 Å². The highest BCUT2D eigenvalue weighted by Gasteiger charge is 2.11. The van der Waals surface area contributed by atoms with Crippen LogP contribution in [0, 0.1) is 17.5 Å². The zero-order valence-electron chi connectivity index (χ0n) is 12.0.